The van der Waals surface area contributed by atoms with Crippen molar-refractivity contribution in [2.75, 3.05) is 18.5 Å². The van der Waals surface area contributed by atoms with E-state index < -0.39 is 0 Å². The van der Waals surface area contributed by atoms with Crippen molar-refractivity contribution in [3.05, 3.63) is 54.1 Å². The first-order chi connectivity index (χ1) is 13.5. The maximum atomic E-state index is 12.4. The van der Waals surface area contributed by atoms with Crippen molar-refractivity contribution in [3.63, 3.8) is 0 Å². The largest absolute Gasteiger partial charge is 0.494 e. The predicted octanol–water partition coefficient (Wildman–Crippen LogP) is 5.03. The molecule has 0 fully saturated rings. The molecule has 2 N–H and O–H groups in total. The molecule has 0 bridgehead atoms. The highest BCUT2D eigenvalue weighted by Crippen LogP contribution is 2.17. The van der Waals surface area contributed by atoms with E-state index in [0.717, 1.165) is 24.3 Å². The monoisotopic (exact) mass is 400 g/mol. The van der Waals surface area contributed by atoms with Crippen LogP contribution in [0.4, 0.5) is 5.69 Å². The zero-order valence-electron chi connectivity index (χ0n) is 16.7. The van der Waals surface area contributed by atoms with Crippen molar-refractivity contribution in [2.45, 2.75) is 33.6 Å². The zero-order valence-corrected chi connectivity index (χ0v) is 17.5. The van der Waals surface area contributed by atoms with Gasteiger partial charge in [-0.1, -0.05) is 26.8 Å². The quantitative estimate of drug-likeness (QED) is 0.578. The summed E-state index contributed by atoms with van der Waals surface area (Å²) in [5.74, 6) is 1.81. The van der Waals surface area contributed by atoms with Crippen LogP contribution in [0.5, 0.6) is 11.5 Å². The Kier molecular flexibility index (Phi) is 8.75. The Morgan fingerprint density at radius 1 is 1.04 bits per heavy atom. The minimum Gasteiger partial charge on any atom is -0.494 e. The summed E-state index contributed by atoms with van der Waals surface area (Å²) >= 11 is 5.24. The molecule has 0 unspecified atom stereocenters. The lowest BCUT2D eigenvalue weighted by Gasteiger charge is -2.12. The molecule has 28 heavy (non-hydrogen) atoms. The summed E-state index contributed by atoms with van der Waals surface area (Å²) < 4.78 is 11.3. The molecule has 0 saturated carbocycles. The molecule has 2 aromatic rings. The first-order valence-corrected chi connectivity index (χ1v) is 9.96. The van der Waals surface area contributed by atoms with Gasteiger partial charge in [-0.3, -0.25) is 10.1 Å². The second-order valence-electron chi connectivity index (χ2n) is 6.84. The van der Waals surface area contributed by atoms with E-state index in [-0.39, 0.29) is 11.0 Å². The van der Waals surface area contributed by atoms with E-state index in [1.165, 1.54) is 0 Å². The maximum absolute atomic E-state index is 12.4. The summed E-state index contributed by atoms with van der Waals surface area (Å²) in [6, 6.07) is 14.5. The van der Waals surface area contributed by atoms with E-state index in [1.807, 2.05) is 37.3 Å². The van der Waals surface area contributed by atoms with Gasteiger partial charge in [-0.2, -0.15) is 0 Å². The lowest BCUT2D eigenvalue weighted by molar-refractivity contribution is 0.0977. The average Bonchev–Trinajstić information content (AvgIpc) is 2.67. The molecule has 2 aromatic carbocycles. The van der Waals surface area contributed by atoms with Crippen LogP contribution in [0.1, 0.15) is 44.0 Å². The predicted molar refractivity (Wildman–Crippen MR) is 117 cm³/mol. The molecule has 5 nitrogen and oxygen atoms in total. The number of hydrogen-bond donors (Lipinski definition) is 2. The molecule has 0 atom stereocenters. The number of nitrogens with one attached hydrogen (secondary N) is 2. The molecule has 0 aliphatic carbocycles. The molecule has 2 rings (SSSR count). The van der Waals surface area contributed by atoms with Crippen LogP contribution in [0.25, 0.3) is 0 Å². The van der Waals surface area contributed by atoms with Crippen LogP contribution in [0.2, 0.25) is 0 Å². The second kappa shape index (κ2) is 11.3. The minimum atomic E-state index is -0.284. The van der Waals surface area contributed by atoms with Gasteiger partial charge in [0, 0.05) is 11.3 Å². The standard InChI is InChI=1S/C22H28N2O3S/c1-4-13-26-20-7-5-6-17(15-20)21(25)24-22(28)23-18-8-10-19(11-9-18)27-14-12-16(2)3/h5-11,15-16H,4,12-14H2,1-3H3,(H2,23,24,25,28). The number of hydrogen-bond acceptors (Lipinski definition) is 4. The molecule has 1 amide bonds. The van der Waals surface area contributed by atoms with Crippen LogP contribution < -0.4 is 20.1 Å². The van der Waals surface area contributed by atoms with E-state index in [9.17, 15) is 4.79 Å². The third kappa shape index (κ3) is 7.56. The zero-order chi connectivity index (χ0) is 20.4. The number of rotatable bonds is 9. The molecule has 6 heteroatoms. The van der Waals surface area contributed by atoms with Crippen molar-refractivity contribution in [3.8, 4) is 11.5 Å². The summed E-state index contributed by atoms with van der Waals surface area (Å²) in [6.07, 6.45) is 1.92. The molecule has 0 saturated heterocycles. The lowest BCUT2D eigenvalue weighted by atomic mass is 10.1. The average molecular weight is 401 g/mol. The molecule has 0 aliphatic heterocycles. The van der Waals surface area contributed by atoms with E-state index >= 15 is 0 Å². The van der Waals surface area contributed by atoms with Gasteiger partial charge in [0.15, 0.2) is 5.11 Å². The van der Waals surface area contributed by atoms with Crippen LogP contribution in [0, 0.1) is 5.92 Å². The molecular formula is C22H28N2O3S. The Hall–Kier alpha value is -2.60. The molecule has 0 spiro atoms. The number of anilines is 1. The van der Waals surface area contributed by atoms with E-state index in [2.05, 4.69) is 24.5 Å². The third-order valence-corrected chi connectivity index (χ3v) is 4.08. The van der Waals surface area contributed by atoms with Crippen LogP contribution in [-0.2, 0) is 0 Å². The first kappa shape index (κ1) is 21.7. The fourth-order valence-corrected chi connectivity index (χ4v) is 2.54. The topological polar surface area (TPSA) is 59.6 Å². The van der Waals surface area contributed by atoms with Gasteiger partial charge in [0.25, 0.3) is 5.91 Å². The summed E-state index contributed by atoms with van der Waals surface area (Å²) in [6.45, 7) is 7.67. The van der Waals surface area contributed by atoms with Gasteiger partial charge < -0.3 is 14.8 Å². The Morgan fingerprint density at radius 3 is 2.43 bits per heavy atom. The van der Waals surface area contributed by atoms with Crippen molar-refractivity contribution in [1.82, 2.24) is 5.32 Å². The fraction of sp³-hybridized carbons (Fsp3) is 0.364. The van der Waals surface area contributed by atoms with Gasteiger partial charge in [0.2, 0.25) is 0 Å². The van der Waals surface area contributed by atoms with Crippen molar-refractivity contribution < 1.29 is 14.3 Å². The third-order valence-electron chi connectivity index (χ3n) is 3.87. The lowest BCUT2D eigenvalue weighted by Crippen LogP contribution is -2.34. The molecule has 0 aromatic heterocycles. The summed E-state index contributed by atoms with van der Waals surface area (Å²) in [5, 5.41) is 5.92. The number of ether oxygens (including phenoxy) is 2. The molecule has 0 aliphatic rings. The van der Waals surface area contributed by atoms with E-state index in [0.29, 0.717) is 30.4 Å². The molecule has 0 radical (unpaired) electrons. The molecule has 150 valence electrons. The maximum Gasteiger partial charge on any atom is 0.257 e. The Morgan fingerprint density at radius 2 is 1.75 bits per heavy atom. The number of benzene rings is 2. The van der Waals surface area contributed by atoms with Crippen LogP contribution in [-0.4, -0.2) is 24.2 Å². The summed E-state index contributed by atoms with van der Waals surface area (Å²) in [5.41, 5.74) is 1.27. The van der Waals surface area contributed by atoms with Gasteiger partial charge in [-0.15, -0.1) is 0 Å². The van der Waals surface area contributed by atoms with E-state index in [1.54, 1.807) is 18.2 Å². The van der Waals surface area contributed by atoms with Gasteiger partial charge in [-0.25, -0.2) is 0 Å². The highest BCUT2D eigenvalue weighted by Gasteiger charge is 2.09. The fourth-order valence-electron chi connectivity index (χ4n) is 2.33. The van der Waals surface area contributed by atoms with Gasteiger partial charge >= 0.3 is 0 Å². The number of thiocarbonyl (C=S) groups is 1. The second-order valence-corrected chi connectivity index (χ2v) is 7.25. The Labute approximate surface area is 172 Å². The van der Waals surface area contributed by atoms with Gasteiger partial charge in [0.05, 0.1) is 13.2 Å². The number of carbonyl (C=O) groups excluding carboxylic acids is 1. The van der Waals surface area contributed by atoms with Crippen molar-refractivity contribution in [2.24, 2.45) is 5.92 Å². The Balaban J connectivity index is 1.85. The van der Waals surface area contributed by atoms with Crippen LogP contribution in [0.15, 0.2) is 48.5 Å². The highest BCUT2D eigenvalue weighted by molar-refractivity contribution is 7.80. The first-order valence-electron chi connectivity index (χ1n) is 9.56. The highest BCUT2D eigenvalue weighted by atomic mass is 32.1. The van der Waals surface area contributed by atoms with Crippen molar-refractivity contribution in [1.29, 1.82) is 0 Å². The van der Waals surface area contributed by atoms with Crippen molar-refractivity contribution >= 4 is 28.9 Å². The summed E-state index contributed by atoms with van der Waals surface area (Å²) in [4.78, 5) is 12.4. The van der Waals surface area contributed by atoms with Gasteiger partial charge in [-0.05, 0) is 73.4 Å². The Bertz CT molecular complexity index is 776. The number of amides is 1. The van der Waals surface area contributed by atoms with Gasteiger partial charge in [0.1, 0.15) is 11.5 Å². The summed E-state index contributed by atoms with van der Waals surface area (Å²) in [7, 11) is 0. The SMILES string of the molecule is CCCOc1cccc(C(=O)NC(=S)Nc2ccc(OCCC(C)C)cc2)c1. The van der Waals surface area contributed by atoms with Crippen LogP contribution >= 0.6 is 12.2 Å². The smallest absolute Gasteiger partial charge is 0.257 e. The minimum absolute atomic E-state index is 0.235. The molecular weight excluding hydrogens is 372 g/mol. The molecule has 0 heterocycles. The van der Waals surface area contributed by atoms with E-state index in [4.69, 9.17) is 21.7 Å². The number of carbonyl (C=O) groups is 1. The van der Waals surface area contributed by atoms with Crippen LogP contribution in [0.3, 0.4) is 0 Å². The normalized spacial score (nSPS) is 10.4.